The third kappa shape index (κ3) is 4.59. The average Bonchev–Trinajstić information content (AvgIpc) is 3.19. The summed E-state index contributed by atoms with van der Waals surface area (Å²) in [6, 6.07) is 10.0. The molecule has 1 aliphatic rings. The zero-order valence-corrected chi connectivity index (χ0v) is 14.7. The number of aromatic nitrogens is 1. The number of pyridine rings is 1. The van der Waals surface area contributed by atoms with Gasteiger partial charge in [-0.3, -0.25) is 4.79 Å². The summed E-state index contributed by atoms with van der Waals surface area (Å²) in [6.07, 6.45) is 6.50. The zero-order chi connectivity index (χ0) is 18.4. The van der Waals surface area contributed by atoms with Gasteiger partial charge in [-0.2, -0.15) is 0 Å². The van der Waals surface area contributed by atoms with E-state index in [-0.39, 0.29) is 12.0 Å². The molecule has 0 bridgehead atoms. The molecule has 1 saturated carbocycles. The lowest BCUT2D eigenvalue weighted by atomic mass is 10.1. The minimum absolute atomic E-state index is 0.212. The van der Waals surface area contributed by atoms with Crippen molar-refractivity contribution in [3.63, 3.8) is 0 Å². The second-order valence-corrected chi connectivity index (χ2v) is 6.28. The molecule has 1 aliphatic carbocycles. The predicted molar refractivity (Wildman–Crippen MR) is 96.1 cm³/mol. The number of esters is 1. The molecule has 0 aliphatic heterocycles. The van der Waals surface area contributed by atoms with Crippen molar-refractivity contribution in [3.8, 4) is 5.88 Å². The quantitative estimate of drug-likeness (QED) is 0.807. The van der Waals surface area contributed by atoms with Crippen LogP contribution in [0.3, 0.4) is 0 Å². The van der Waals surface area contributed by atoms with Gasteiger partial charge in [0.2, 0.25) is 5.88 Å². The van der Waals surface area contributed by atoms with E-state index in [4.69, 9.17) is 4.74 Å². The van der Waals surface area contributed by atoms with E-state index in [0.717, 1.165) is 18.4 Å². The lowest BCUT2D eigenvalue weighted by Crippen LogP contribution is -2.23. The van der Waals surface area contributed by atoms with Gasteiger partial charge >= 0.3 is 5.97 Å². The molecule has 1 heterocycles. The summed E-state index contributed by atoms with van der Waals surface area (Å²) in [5, 5.41) is 2.86. The molecule has 0 saturated heterocycles. The van der Waals surface area contributed by atoms with Gasteiger partial charge in [0.1, 0.15) is 6.10 Å². The molecule has 1 fully saturated rings. The molecule has 1 aromatic carbocycles. The van der Waals surface area contributed by atoms with Crippen LogP contribution in [0.1, 0.15) is 52.0 Å². The fraction of sp³-hybridized carbons (Fsp3) is 0.350. The van der Waals surface area contributed by atoms with Crippen LogP contribution in [0.5, 0.6) is 5.88 Å². The maximum atomic E-state index is 12.3. The number of nitrogens with zero attached hydrogens (tertiary/aromatic N) is 1. The van der Waals surface area contributed by atoms with Crippen molar-refractivity contribution >= 4 is 11.9 Å². The summed E-state index contributed by atoms with van der Waals surface area (Å²) in [4.78, 5) is 27.9. The van der Waals surface area contributed by atoms with E-state index in [9.17, 15) is 9.59 Å². The van der Waals surface area contributed by atoms with Crippen molar-refractivity contribution < 1.29 is 19.1 Å². The summed E-state index contributed by atoms with van der Waals surface area (Å²) in [5.74, 6) is -0.0360. The van der Waals surface area contributed by atoms with Crippen LogP contribution in [0.15, 0.2) is 42.6 Å². The molecule has 1 amide bonds. The number of carbonyl (C=O) groups excluding carboxylic acids is 2. The molecular weight excluding hydrogens is 332 g/mol. The van der Waals surface area contributed by atoms with E-state index in [2.05, 4.69) is 15.0 Å². The number of methoxy groups -OCH3 is 1. The second-order valence-electron chi connectivity index (χ2n) is 6.28. The first-order chi connectivity index (χ1) is 12.7. The molecule has 0 unspecified atom stereocenters. The Morgan fingerprint density at radius 2 is 1.81 bits per heavy atom. The minimum atomic E-state index is -0.427. The third-order valence-corrected chi connectivity index (χ3v) is 4.41. The smallest absolute Gasteiger partial charge is 0.337 e. The summed E-state index contributed by atoms with van der Waals surface area (Å²) in [5.41, 5.74) is 1.81. The van der Waals surface area contributed by atoms with Gasteiger partial charge in [0.05, 0.1) is 12.7 Å². The monoisotopic (exact) mass is 354 g/mol. The molecular formula is C20H22N2O4. The zero-order valence-electron chi connectivity index (χ0n) is 14.7. The molecule has 0 spiro atoms. The largest absolute Gasteiger partial charge is 0.474 e. The standard InChI is InChI=1S/C20H22N2O4/c1-25-20(24)16-8-6-15(7-9-16)19(23)22-13-14-10-11-21-18(12-14)26-17-4-2-3-5-17/h6-12,17H,2-5,13H2,1H3,(H,22,23). The first kappa shape index (κ1) is 17.9. The Morgan fingerprint density at radius 1 is 1.12 bits per heavy atom. The Balaban J connectivity index is 1.56. The lowest BCUT2D eigenvalue weighted by molar-refractivity contribution is 0.0600. The van der Waals surface area contributed by atoms with E-state index in [1.807, 2.05) is 12.1 Å². The first-order valence-electron chi connectivity index (χ1n) is 8.74. The fourth-order valence-corrected chi connectivity index (χ4v) is 2.96. The van der Waals surface area contributed by atoms with Crippen LogP contribution in [0.2, 0.25) is 0 Å². The Bertz CT molecular complexity index is 768. The molecule has 0 atom stereocenters. The minimum Gasteiger partial charge on any atom is -0.474 e. The van der Waals surface area contributed by atoms with Gasteiger partial charge in [-0.25, -0.2) is 9.78 Å². The van der Waals surface area contributed by atoms with Gasteiger partial charge in [-0.15, -0.1) is 0 Å². The number of benzene rings is 1. The summed E-state index contributed by atoms with van der Waals surface area (Å²) >= 11 is 0. The van der Waals surface area contributed by atoms with Crippen molar-refractivity contribution in [2.75, 3.05) is 7.11 Å². The maximum Gasteiger partial charge on any atom is 0.337 e. The third-order valence-electron chi connectivity index (χ3n) is 4.41. The van der Waals surface area contributed by atoms with Crippen molar-refractivity contribution in [2.45, 2.75) is 38.3 Å². The number of nitrogens with one attached hydrogen (secondary N) is 1. The Labute approximate surface area is 152 Å². The Kier molecular flexibility index (Phi) is 5.84. The number of hydrogen-bond donors (Lipinski definition) is 1. The topological polar surface area (TPSA) is 77.5 Å². The van der Waals surface area contributed by atoms with Crippen molar-refractivity contribution in [1.82, 2.24) is 10.3 Å². The highest BCUT2D eigenvalue weighted by Crippen LogP contribution is 2.23. The average molecular weight is 354 g/mol. The highest BCUT2D eigenvalue weighted by Gasteiger charge is 2.17. The number of amides is 1. The number of carbonyl (C=O) groups is 2. The highest BCUT2D eigenvalue weighted by atomic mass is 16.5. The second kappa shape index (κ2) is 8.47. The molecule has 6 nitrogen and oxygen atoms in total. The summed E-state index contributed by atoms with van der Waals surface area (Å²) < 4.78 is 10.5. The molecule has 136 valence electrons. The number of hydrogen-bond acceptors (Lipinski definition) is 5. The van der Waals surface area contributed by atoms with E-state index < -0.39 is 5.97 Å². The van der Waals surface area contributed by atoms with Crippen LogP contribution in [-0.4, -0.2) is 30.1 Å². The van der Waals surface area contributed by atoms with Crippen LogP contribution < -0.4 is 10.1 Å². The van der Waals surface area contributed by atoms with Gasteiger partial charge in [0, 0.05) is 24.4 Å². The van der Waals surface area contributed by atoms with Gasteiger partial charge in [-0.05, 0) is 61.6 Å². The molecule has 1 aromatic heterocycles. The number of rotatable bonds is 6. The predicted octanol–water partition coefficient (Wildman–Crippen LogP) is 3.12. The SMILES string of the molecule is COC(=O)c1ccc(C(=O)NCc2ccnc(OC3CCCC3)c2)cc1. The van der Waals surface area contributed by atoms with Gasteiger partial charge < -0.3 is 14.8 Å². The van der Waals surface area contributed by atoms with E-state index in [0.29, 0.717) is 23.6 Å². The normalized spacial score (nSPS) is 14.0. The van der Waals surface area contributed by atoms with Crippen molar-refractivity contribution in [2.24, 2.45) is 0 Å². The molecule has 0 radical (unpaired) electrons. The fourth-order valence-electron chi connectivity index (χ4n) is 2.96. The van der Waals surface area contributed by atoms with Gasteiger partial charge in [0.15, 0.2) is 0 Å². The van der Waals surface area contributed by atoms with Crippen LogP contribution in [-0.2, 0) is 11.3 Å². The van der Waals surface area contributed by atoms with Crippen molar-refractivity contribution in [3.05, 3.63) is 59.3 Å². The van der Waals surface area contributed by atoms with Crippen LogP contribution >= 0.6 is 0 Å². The highest BCUT2D eigenvalue weighted by molar-refractivity contribution is 5.96. The summed E-state index contributed by atoms with van der Waals surface area (Å²) in [6.45, 7) is 0.376. The molecule has 2 aromatic rings. The molecule has 6 heteroatoms. The van der Waals surface area contributed by atoms with E-state index >= 15 is 0 Å². The lowest BCUT2D eigenvalue weighted by Gasteiger charge is -2.13. The molecule has 26 heavy (non-hydrogen) atoms. The maximum absolute atomic E-state index is 12.3. The van der Waals surface area contributed by atoms with E-state index in [1.165, 1.54) is 20.0 Å². The van der Waals surface area contributed by atoms with Crippen LogP contribution in [0, 0.1) is 0 Å². The van der Waals surface area contributed by atoms with Gasteiger partial charge in [0.25, 0.3) is 5.91 Å². The van der Waals surface area contributed by atoms with Crippen LogP contribution in [0.25, 0.3) is 0 Å². The first-order valence-corrected chi connectivity index (χ1v) is 8.74. The van der Waals surface area contributed by atoms with E-state index in [1.54, 1.807) is 30.5 Å². The van der Waals surface area contributed by atoms with Gasteiger partial charge in [-0.1, -0.05) is 0 Å². The Morgan fingerprint density at radius 3 is 2.50 bits per heavy atom. The molecule has 1 N–H and O–H groups in total. The van der Waals surface area contributed by atoms with Crippen LogP contribution in [0.4, 0.5) is 0 Å². The summed E-state index contributed by atoms with van der Waals surface area (Å²) in [7, 11) is 1.32. The number of ether oxygens (including phenoxy) is 2. The van der Waals surface area contributed by atoms with Crippen molar-refractivity contribution in [1.29, 1.82) is 0 Å². The Hall–Kier alpha value is -2.89. The molecule has 3 rings (SSSR count).